The molecule has 0 spiro atoms. The van der Waals surface area contributed by atoms with Crippen molar-refractivity contribution in [2.45, 2.75) is 32.6 Å². The number of nitrogens with one attached hydrogen (secondary N) is 1. The van der Waals surface area contributed by atoms with Crippen LogP contribution in [0, 0.1) is 10.1 Å². The van der Waals surface area contributed by atoms with E-state index in [0.29, 0.717) is 13.1 Å². The summed E-state index contributed by atoms with van der Waals surface area (Å²) in [6.45, 7) is 4.73. The van der Waals surface area contributed by atoms with Crippen molar-refractivity contribution in [2.24, 2.45) is 0 Å². The summed E-state index contributed by atoms with van der Waals surface area (Å²) in [5.41, 5.74) is 1.61. The highest BCUT2D eigenvalue weighted by Gasteiger charge is 2.11. The van der Waals surface area contributed by atoms with Gasteiger partial charge in [-0.3, -0.25) is 10.1 Å². The molecule has 0 saturated heterocycles. The Labute approximate surface area is 138 Å². The molecule has 0 saturated carbocycles. The lowest BCUT2D eigenvalue weighted by Crippen LogP contribution is -2.20. The Bertz CT molecular complexity index is 657. The number of aliphatic hydroxyl groups is 1. The van der Waals surface area contributed by atoms with E-state index in [1.807, 2.05) is 38.1 Å². The van der Waals surface area contributed by atoms with Gasteiger partial charge in [0.1, 0.15) is 5.75 Å². The zero-order valence-corrected chi connectivity index (χ0v) is 13.9. The molecule has 0 radical (unpaired) electrons. The van der Waals surface area contributed by atoms with Crippen molar-refractivity contribution in [2.75, 3.05) is 6.54 Å². The number of ether oxygens (including phenoxy) is 1. The lowest BCUT2D eigenvalue weighted by molar-refractivity contribution is -0.380. The van der Waals surface area contributed by atoms with Crippen LogP contribution in [0.1, 0.15) is 31.1 Å². The maximum absolute atomic E-state index is 10.6. The molecule has 0 fully saturated rings. The zero-order valence-electron chi connectivity index (χ0n) is 13.1. The maximum Gasteiger partial charge on any atom is 0.324 e. The Morgan fingerprint density at radius 2 is 2.17 bits per heavy atom. The highest BCUT2D eigenvalue weighted by molar-refractivity contribution is 7.13. The first-order chi connectivity index (χ1) is 11.0. The predicted octanol–water partition coefficient (Wildman–Crippen LogP) is 3.27. The summed E-state index contributed by atoms with van der Waals surface area (Å²) in [5.74, 6) is 0.727. The van der Waals surface area contributed by atoms with E-state index in [1.54, 1.807) is 11.4 Å². The topological polar surface area (TPSA) is 84.6 Å². The summed E-state index contributed by atoms with van der Waals surface area (Å²) in [6.07, 6.45) is -0.589. The average molecular weight is 336 g/mol. The van der Waals surface area contributed by atoms with Crippen molar-refractivity contribution in [3.63, 3.8) is 0 Å². The highest BCUT2D eigenvalue weighted by Crippen LogP contribution is 2.23. The molecule has 7 heteroatoms. The van der Waals surface area contributed by atoms with Crippen molar-refractivity contribution in [3.05, 3.63) is 57.0 Å². The molecule has 1 unspecified atom stereocenters. The van der Waals surface area contributed by atoms with Crippen LogP contribution in [0.2, 0.25) is 0 Å². The smallest absolute Gasteiger partial charge is 0.324 e. The van der Waals surface area contributed by atoms with Crippen molar-refractivity contribution < 1.29 is 14.8 Å². The van der Waals surface area contributed by atoms with Crippen LogP contribution in [0.5, 0.6) is 5.75 Å². The highest BCUT2D eigenvalue weighted by atomic mass is 32.1. The molecule has 1 aromatic heterocycles. The van der Waals surface area contributed by atoms with Crippen LogP contribution in [0.25, 0.3) is 0 Å². The first-order valence-corrected chi connectivity index (χ1v) is 8.21. The first kappa shape index (κ1) is 17.4. The Morgan fingerprint density at radius 1 is 1.39 bits per heavy atom. The van der Waals surface area contributed by atoms with Crippen LogP contribution in [0.3, 0.4) is 0 Å². The molecule has 1 heterocycles. The van der Waals surface area contributed by atoms with E-state index in [0.717, 1.165) is 28.2 Å². The third-order valence-corrected chi connectivity index (χ3v) is 4.03. The summed E-state index contributed by atoms with van der Waals surface area (Å²) in [4.78, 5) is 10.2. The minimum atomic E-state index is -0.667. The number of nitro groups is 1. The molecule has 1 aromatic carbocycles. The average Bonchev–Trinajstić information content (AvgIpc) is 2.96. The molecule has 0 aliphatic heterocycles. The van der Waals surface area contributed by atoms with Gasteiger partial charge in [0.15, 0.2) is 0 Å². The molecule has 124 valence electrons. The second kappa shape index (κ2) is 8.05. The Morgan fingerprint density at radius 3 is 2.83 bits per heavy atom. The van der Waals surface area contributed by atoms with E-state index < -0.39 is 11.0 Å². The molecule has 0 aliphatic carbocycles. The van der Waals surface area contributed by atoms with Crippen LogP contribution in [0.15, 0.2) is 35.7 Å². The first-order valence-electron chi connectivity index (χ1n) is 7.33. The number of hydrogen-bond donors (Lipinski definition) is 2. The second-order valence-corrected chi connectivity index (χ2v) is 6.33. The van der Waals surface area contributed by atoms with Crippen molar-refractivity contribution >= 4 is 16.3 Å². The minimum Gasteiger partial charge on any atom is -0.491 e. The van der Waals surface area contributed by atoms with Gasteiger partial charge in [-0.25, -0.2) is 0 Å². The third-order valence-electron chi connectivity index (χ3n) is 3.10. The monoisotopic (exact) mass is 336 g/mol. The lowest BCUT2D eigenvalue weighted by atomic mass is 10.1. The van der Waals surface area contributed by atoms with Gasteiger partial charge in [0, 0.05) is 24.5 Å². The molecule has 0 bridgehead atoms. The molecule has 1 atom stereocenters. The van der Waals surface area contributed by atoms with Crippen molar-refractivity contribution in [1.29, 1.82) is 0 Å². The molecule has 2 rings (SSSR count). The third kappa shape index (κ3) is 5.31. The normalized spacial score (nSPS) is 12.3. The molecule has 2 N–H and O–H groups in total. The van der Waals surface area contributed by atoms with Gasteiger partial charge in [0.2, 0.25) is 0 Å². The van der Waals surface area contributed by atoms with Crippen LogP contribution in [0.4, 0.5) is 5.00 Å². The van der Waals surface area contributed by atoms with Gasteiger partial charge in [-0.1, -0.05) is 23.5 Å². The van der Waals surface area contributed by atoms with Gasteiger partial charge in [-0.15, -0.1) is 0 Å². The van der Waals surface area contributed by atoms with E-state index in [1.165, 1.54) is 0 Å². The number of aliphatic hydroxyl groups excluding tert-OH is 1. The largest absolute Gasteiger partial charge is 0.491 e. The Hall–Kier alpha value is -1.96. The van der Waals surface area contributed by atoms with E-state index in [4.69, 9.17) is 4.74 Å². The fraction of sp³-hybridized carbons (Fsp3) is 0.375. The van der Waals surface area contributed by atoms with Crippen LogP contribution in [-0.4, -0.2) is 22.7 Å². The van der Waals surface area contributed by atoms with Gasteiger partial charge in [0.25, 0.3) is 0 Å². The second-order valence-electron chi connectivity index (χ2n) is 5.44. The molecule has 23 heavy (non-hydrogen) atoms. The van der Waals surface area contributed by atoms with Gasteiger partial charge in [-0.2, -0.15) is 0 Å². The SMILES string of the molecule is CC(C)Oc1cccc(C(O)CNCc2csc([N+](=O)[O-])c2)c1. The number of hydrogen-bond acceptors (Lipinski definition) is 6. The van der Waals surface area contributed by atoms with Gasteiger partial charge < -0.3 is 15.2 Å². The van der Waals surface area contributed by atoms with Gasteiger partial charge in [0.05, 0.1) is 17.1 Å². The maximum atomic E-state index is 10.6. The van der Waals surface area contributed by atoms with E-state index in [9.17, 15) is 15.2 Å². The van der Waals surface area contributed by atoms with Crippen molar-refractivity contribution in [3.8, 4) is 5.75 Å². The molecular formula is C16H20N2O4S. The van der Waals surface area contributed by atoms with Crippen molar-refractivity contribution in [1.82, 2.24) is 5.32 Å². The van der Waals surface area contributed by atoms with Gasteiger partial charge in [-0.05, 0) is 37.1 Å². The molecule has 0 amide bonds. The van der Waals surface area contributed by atoms with Crippen LogP contribution >= 0.6 is 11.3 Å². The van der Waals surface area contributed by atoms with Crippen LogP contribution < -0.4 is 10.1 Å². The number of thiophene rings is 1. The number of rotatable bonds is 8. The lowest BCUT2D eigenvalue weighted by Gasteiger charge is -2.15. The minimum absolute atomic E-state index is 0.0786. The predicted molar refractivity (Wildman–Crippen MR) is 89.8 cm³/mol. The van der Waals surface area contributed by atoms with E-state index >= 15 is 0 Å². The summed E-state index contributed by atoms with van der Waals surface area (Å²) in [6, 6.07) is 8.91. The summed E-state index contributed by atoms with van der Waals surface area (Å²) in [7, 11) is 0. The fourth-order valence-corrected chi connectivity index (χ4v) is 2.82. The molecule has 6 nitrogen and oxygen atoms in total. The number of benzene rings is 1. The molecule has 0 aliphatic rings. The van der Waals surface area contributed by atoms with Crippen LogP contribution in [-0.2, 0) is 6.54 Å². The fourth-order valence-electron chi connectivity index (χ4n) is 2.09. The zero-order chi connectivity index (χ0) is 16.8. The Kier molecular flexibility index (Phi) is 6.09. The Balaban J connectivity index is 1.86. The molecular weight excluding hydrogens is 316 g/mol. The van der Waals surface area contributed by atoms with E-state index in [-0.39, 0.29) is 11.1 Å². The standard InChI is InChI=1S/C16H20N2O4S/c1-11(2)22-14-5-3-4-13(7-14)15(19)9-17-8-12-6-16(18(20)21)23-10-12/h3-7,10-11,15,17,19H,8-9H2,1-2H3. The molecule has 2 aromatic rings. The van der Waals surface area contributed by atoms with E-state index in [2.05, 4.69) is 5.32 Å². The summed E-state index contributed by atoms with van der Waals surface area (Å²) < 4.78 is 5.61. The van der Waals surface area contributed by atoms with Gasteiger partial charge >= 0.3 is 5.00 Å². The summed E-state index contributed by atoms with van der Waals surface area (Å²) in [5, 5.41) is 25.8. The number of nitrogens with zero attached hydrogens (tertiary/aromatic N) is 1. The quantitative estimate of drug-likeness (QED) is 0.571. The summed E-state index contributed by atoms with van der Waals surface area (Å²) >= 11 is 1.10.